The zero-order chi connectivity index (χ0) is 17.8. The van der Waals surface area contributed by atoms with Crippen LogP contribution in [0.15, 0.2) is 34.6 Å². The molecule has 5 nitrogen and oxygen atoms in total. The van der Waals surface area contributed by atoms with E-state index in [0.29, 0.717) is 6.54 Å². The summed E-state index contributed by atoms with van der Waals surface area (Å²) in [5.41, 5.74) is 2.22. The predicted octanol–water partition coefficient (Wildman–Crippen LogP) is 3.75. The van der Waals surface area contributed by atoms with Crippen molar-refractivity contribution in [1.29, 1.82) is 0 Å². The second-order valence-corrected chi connectivity index (χ2v) is 7.92. The molecule has 1 amide bonds. The summed E-state index contributed by atoms with van der Waals surface area (Å²) in [6.45, 7) is 6.50. The summed E-state index contributed by atoms with van der Waals surface area (Å²) < 4.78 is 2.01. The van der Waals surface area contributed by atoms with Crippen LogP contribution < -0.4 is 5.32 Å². The number of carbonyl (C=O) groups excluding carboxylic acids is 1. The summed E-state index contributed by atoms with van der Waals surface area (Å²) in [6, 6.07) is 2.01. The molecule has 0 radical (unpaired) electrons. The van der Waals surface area contributed by atoms with Gasteiger partial charge >= 0.3 is 0 Å². The van der Waals surface area contributed by atoms with Gasteiger partial charge in [-0.2, -0.15) is 11.3 Å². The van der Waals surface area contributed by atoms with Gasteiger partial charge in [-0.15, -0.1) is 11.3 Å². The number of hydrogen-bond acceptors (Lipinski definition) is 5. The Morgan fingerprint density at radius 1 is 1.36 bits per heavy atom. The van der Waals surface area contributed by atoms with Gasteiger partial charge in [-0.25, -0.2) is 9.97 Å². The molecule has 25 heavy (non-hydrogen) atoms. The first-order valence-electron chi connectivity index (χ1n) is 8.24. The first-order chi connectivity index (χ1) is 12.0. The highest BCUT2D eigenvalue weighted by atomic mass is 32.1. The zero-order valence-electron chi connectivity index (χ0n) is 14.6. The van der Waals surface area contributed by atoms with Gasteiger partial charge in [0.25, 0.3) is 0 Å². The smallest absolute Gasteiger partial charge is 0.225 e. The van der Waals surface area contributed by atoms with Crippen LogP contribution in [0.5, 0.6) is 0 Å². The van der Waals surface area contributed by atoms with E-state index in [1.807, 2.05) is 36.9 Å². The second-order valence-electron chi connectivity index (χ2n) is 6.25. The molecule has 0 aromatic carbocycles. The molecule has 0 spiro atoms. The third kappa shape index (κ3) is 4.55. The van der Waals surface area contributed by atoms with Gasteiger partial charge in [-0.1, -0.05) is 6.92 Å². The molecule has 7 heteroatoms. The maximum Gasteiger partial charge on any atom is 0.225 e. The van der Waals surface area contributed by atoms with Crippen LogP contribution in [0.1, 0.15) is 35.1 Å². The Kier molecular flexibility index (Phi) is 5.65. The molecule has 3 aromatic heterocycles. The minimum atomic E-state index is -0.140. The largest absolute Gasteiger partial charge is 0.346 e. The fraction of sp³-hybridized carbons (Fsp3) is 0.389. The number of amides is 1. The lowest BCUT2D eigenvalue weighted by Crippen LogP contribution is -2.35. The molecule has 0 saturated carbocycles. The number of thiazole rings is 1. The number of aromatic nitrogens is 3. The highest BCUT2D eigenvalue weighted by molar-refractivity contribution is 7.09. The van der Waals surface area contributed by atoms with Crippen molar-refractivity contribution in [3.05, 3.63) is 56.7 Å². The standard InChI is InChI=1S/C18H22N4OS2/c1-12(9-22-6-5-19-14(22)3)17(23)21-16(8-15-4-7-24-11-15)18-20-13(2)10-25-18/h4-7,10-12,16H,8-9H2,1-3H3,(H,21,23)/t12-,16-/m1/s1. The number of rotatable bonds is 7. The normalized spacial score (nSPS) is 13.6. The van der Waals surface area contributed by atoms with Crippen LogP contribution in [0, 0.1) is 19.8 Å². The van der Waals surface area contributed by atoms with E-state index in [-0.39, 0.29) is 17.9 Å². The Hall–Kier alpha value is -1.99. The van der Waals surface area contributed by atoms with E-state index in [0.717, 1.165) is 22.9 Å². The summed E-state index contributed by atoms with van der Waals surface area (Å²) in [5.74, 6) is 0.824. The van der Waals surface area contributed by atoms with E-state index < -0.39 is 0 Å². The van der Waals surface area contributed by atoms with Crippen LogP contribution in [0.25, 0.3) is 0 Å². The molecule has 0 saturated heterocycles. The highest BCUT2D eigenvalue weighted by Gasteiger charge is 2.22. The minimum Gasteiger partial charge on any atom is -0.346 e. The summed E-state index contributed by atoms with van der Waals surface area (Å²) in [7, 11) is 0. The summed E-state index contributed by atoms with van der Waals surface area (Å²) in [4.78, 5) is 21.5. The van der Waals surface area contributed by atoms with Gasteiger partial charge in [0.05, 0.1) is 12.0 Å². The first-order valence-corrected chi connectivity index (χ1v) is 10.1. The molecule has 2 atom stereocenters. The molecule has 0 fully saturated rings. The van der Waals surface area contributed by atoms with Gasteiger partial charge in [-0.3, -0.25) is 4.79 Å². The fourth-order valence-electron chi connectivity index (χ4n) is 2.67. The van der Waals surface area contributed by atoms with Crippen LogP contribution in [-0.4, -0.2) is 20.4 Å². The highest BCUT2D eigenvalue weighted by Crippen LogP contribution is 2.24. The van der Waals surface area contributed by atoms with Gasteiger partial charge in [-0.05, 0) is 36.2 Å². The number of thiophene rings is 1. The van der Waals surface area contributed by atoms with Gasteiger partial charge in [0.15, 0.2) is 0 Å². The molecule has 3 rings (SSSR count). The summed E-state index contributed by atoms with van der Waals surface area (Å²) in [6.07, 6.45) is 4.43. The third-order valence-electron chi connectivity index (χ3n) is 4.11. The lowest BCUT2D eigenvalue weighted by Gasteiger charge is -2.20. The maximum atomic E-state index is 12.7. The topological polar surface area (TPSA) is 59.8 Å². The van der Waals surface area contributed by atoms with Gasteiger partial charge in [0.2, 0.25) is 5.91 Å². The van der Waals surface area contributed by atoms with Crippen LogP contribution in [0.2, 0.25) is 0 Å². The van der Waals surface area contributed by atoms with E-state index >= 15 is 0 Å². The molecule has 0 unspecified atom stereocenters. The van der Waals surface area contributed by atoms with Crippen molar-refractivity contribution in [3.8, 4) is 0 Å². The molecular formula is C18H22N4OS2. The van der Waals surface area contributed by atoms with Crippen molar-refractivity contribution in [2.24, 2.45) is 5.92 Å². The van der Waals surface area contributed by atoms with Crippen LogP contribution >= 0.6 is 22.7 Å². The van der Waals surface area contributed by atoms with Crippen molar-refractivity contribution in [2.45, 2.75) is 39.8 Å². The van der Waals surface area contributed by atoms with Crippen molar-refractivity contribution >= 4 is 28.6 Å². The van der Waals surface area contributed by atoms with Crippen LogP contribution in [0.4, 0.5) is 0 Å². The SMILES string of the molecule is Cc1csc([C@@H](Cc2ccsc2)NC(=O)[C@H](C)Cn2ccnc2C)n1. The molecule has 132 valence electrons. The third-order valence-corrected chi connectivity index (χ3v) is 5.92. The molecule has 0 aliphatic rings. The van der Waals surface area contributed by atoms with Crippen molar-refractivity contribution in [3.63, 3.8) is 0 Å². The number of hydrogen-bond donors (Lipinski definition) is 1. The lowest BCUT2D eigenvalue weighted by atomic mass is 10.1. The van der Waals surface area contributed by atoms with Crippen LogP contribution in [-0.2, 0) is 17.8 Å². The predicted molar refractivity (Wildman–Crippen MR) is 102 cm³/mol. The van der Waals surface area contributed by atoms with Crippen molar-refractivity contribution in [2.75, 3.05) is 0 Å². The van der Waals surface area contributed by atoms with Gasteiger partial charge in [0.1, 0.15) is 10.8 Å². The molecule has 3 heterocycles. The Bertz CT molecular complexity index is 822. The zero-order valence-corrected chi connectivity index (χ0v) is 16.2. The number of nitrogens with zero attached hydrogens (tertiary/aromatic N) is 3. The number of aryl methyl sites for hydroxylation is 2. The van der Waals surface area contributed by atoms with Gasteiger partial charge < -0.3 is 9.88 Å². The Balaban J connectivity index is 1.70. The summed E-state index contributed by atoms with van der Waals surface area (Å²) in [5, 5.41) is 10.4. The van der Waals surface area contributed by atoms with Crippen molar-refractivity contribution < 1.29 is 4.79 Å². The van der Waals surface area contributed by atoms with Crippen molar-refractivity contribution in [1.82, 2.24) is 19.9 Å². The minimum absolute atomic E-state index is 0.0428. The molecule has 1 N–H and O–H groups in total. The quantitative estimate of drug-likeness (QED) is 0.685. The van der Waals surface area contributed by atoms with E-state index in [1.54, 1.807) is 28.9 Å². The fourth-order valence-corrected chi connectivity index (χ4v) is 4.19. The van der Waals surface area contributed by atoms with E-state index in [2.05, 4.69) is 32.1 Å². The maximum absolute atomic E-state index is 12.7. The summed E-state index contributed by atoms with van der Waals surface area (Å²) >= 11 is 3.27. The molecular weight excluding hydrogens is 352 g/mol. The molecule has 0 bridgehead atoms. The Labute approximate surface area is 155 Å². The molecule has 3 aromatic rings. The Morgan fingerprint density at radius 3 is 2.80 bits per heavy atom. The average Bonchev–Trinajstić information content (AvgIpc) is 3.31. The second kappa shape index (κ2) is 7.93. The molecule has 0 aliphatic heterocycles. The average molecular weight is 375 g/mol. The van der Waals surface area contributed by atoms with E-state index in [1.165, 1.54) is 5.56 Å². The monoisotopic (exact) mass is 374 g/mol. The lowest BCUT2D eigenvalue weighted by molar-refractivity contribution is -0.125. The number of nitrogens with one attached hydrogen (secondary N) is 1. The number of imidazole rings is 1. The van der Waals surface area contributed by atoms with E-state index in [9.17, 15) is 4.79 Å². The Morgan fingerprint density at radius 2 is 2.20 bits per heavy atom. The molecule has 0 aliphatic carbocycles. The van der Waals surface area contributed by atoms with Crippen LogP contribution in [0.3, 0.4) is 0 Å². The van der Waals surface area contributed by atoms with Gasteiger partial charge in [0, 0.05) is 36.4 Å². The number of carbonyl (C=O) groups is 1. The first kappa shape index (κ1) is 17.8. The van der Waals surface area contributed by atoms with E-state index in [4.69, 9.17) is 0 Å².